The molecule has 0 saturated carbocycles. The van der Waals surface area contributed by atoms with Crippen molar-refractivity contribution in [3.8, 4) is 11.5 Å². The van der Waals surface area contributed by atoms with E-state index < -0.39 is 22.5 Å². The third-order valence-corrected chi connectivity index (χ3v) is 7.45. The highest BCUT2D eigenvalue weighted by molar-refractivity contribution is 7.92. The van der Waals surface area contributed by atoms with Crippen molar-refractivity contribution in [2.75, 3.05) is 25.1 Å². The summed E-state index contributed by atoms with van der Waals surface area (Å²) in [5, 5.41) is 4.94. The van der Waals surface area contributed by atoms with Gasteiger partial charge in [0.15, 0.2) is 0 Å². The first kappa shape index (κ1) is 25.9. The number of carbonyl (C=O) groups is 1. The molecule has 0 bridgehead atoms. The van der Waals surface area contributed by atoms with E-state index in [2.05, 4.69) is 15.5 Å². The summed E-state index contributed by atoms with van der Waals surface area (Å²) in [6.07, 6.45) is 1.34. The molecule has 0 atom stereocenters. The molecule has 0 aliphatic heterocycles. The first-order valence-electron chi connectivity index (χ1n) is 11.0. The van der Waals surface area contributed by atoms with E-state index in [0.717, 1.165) is 9.69 Å². The Bertz CT molecular complexity index is 1560. The van der Waals surface area contributed by atoms with Crippen LogP contribution in [0.4, 0.5) is 5.69 Å². The van der Waals surface area contributed by atoms with Crippen LogP contribution in [0.25, 0.3) is 10.9 Å². The number of ether oxygens (including phenoxy) is 2. The highest BCUT2D eigenvalue weighted by atomic mass is 35.5. The molecule has 190 valence electrons. The molecule has 0 aliphatic carbocycles. The van der Waals surface area contributed by atoms with E-state index in [1.807, 2.05) is 6.07 Å². The number of halogens is 1. The largest absolute Gasteiger partial charge is 0.497 e. The summed E-state index contributed by atoms with van der Waals surface area (Å²) >= 11 is 6.28. The summed E-state index contributed by atoms with van der Waals surface area (Å²) in [4.78, 5) is 17.2. The molecule has 4 rings (SSSR count). The molecule has 0 aliphatic rings. The van der Waals surface area contributed by atoms with Crippen LogP contribution in [0.1, 0.15) is 5.56 Å². The van der Waals surface area contributed by atoms with Crippen LogP contribution in [-0.4, -0.2) is 46.3 Å². The molecular formula is C26H23ClN4O5S. The second-order valence-corrected chi connectivity index (χ2v) is 9.94. The summed E-state index contributed by atoms with van der Waals surface area (Å²) in [6.45, 7) is -0.543. The molecule has 0 saturated heterocycles. The van der Waals surface area contributed by atoms with Crippen molar-refractivity contribution < 1.29 is 22.7 Å². The Balaban J connectivity index is 1.57. The molecule has 4 aromatic rings. The van der Waals surface area contributed by atoms with Crippen molar-refractivity contribution in [1.29, 1.82) is 0 Å². The van der Waals surface area contributed by atoms with Gasteiger partial charge in [-0.1, -0.05) is 41.9 Å². The van der Waals surface area contributed by atoms with Crippen LogP contribution in [0.2, 0.25) is 5.15 Å². The second-order valence-electron chi connectivity index (χ2n) is 7.72. The Morgan fingerprint density at radius 2 is 1.76 bits per heavy atom. The number of fused-ring (bicyclic) bond motifs is 1. The molecule has 0 unspecified atom stereocenters. The molecule has 3 aromatic carbocycles. The van der Waals surface area contributed by atoms with Gasteiger partial charge in [-0.05, 0) is 42.5 Å². The lowest BCUT2D eigenvalue weighted by Gasteiger charge is -2.25. The first-order chi connectivity index (χ1) is 17.8. The maximum Gasteiger partial charge on any atom is 0.264 e. The van der Waals surface area contributed by atoms with Crippen molar-refractivity contribution >= 4 is 50.3 Å². The molecule has 1 amide bonds. The number of nitrogens with one attached hydrogen (secondary N) is 1. The monoisotopic (exact) mass is 538 g/mol. The molecule has 11 heteroatoms. The number of pyridine rings is 1. The second kappa shape index (κ2) is 11.3. The maximum atomic E-state index is 13.5. The number of hydrogen-bond acceptors (Lipinski definition) is 7. The number of sulfonamides is 1. The number of methoxy groups -OCH3 is 2. The molecular weight excluding hydrogens is 516 g/mol. The van der Waals surface area contributed by atoms with Crippen LogP contribution in [-0.2, 0) is 14.8 Å². The molecule has 1 heterocycles. The van der Waals surface area contributed by atoms with Crippen LogP contribution >= 0.6 is 11.6 Å². The van der Waals surface area contributed by atoms with Gasteiger partial charge < -0.3 is 9.47 Å². The van der Waals surface area contributed by atoms with Gasteiger partial charge in [-0.25, -0.2) is 18.8 Å². The predicted octanol–water partition coefficient (Wildman–Crippen LogP) is 4.25. The van der Waals surface area contributed by atoms with E-state index in [4.69, 9.17) is 21.1 Å². The molecule has 1 N–H and O–H groups in total. The van der Waals surface area contributed by atoms with Gasteiger partial charge in [0.1, 0.15) is 23.2 Å². The smallest absolute Gasteiger partial charge is 0.264 e. The third kappa shape index (κ3) is 5.82. The van der Waals surface area contributed by atoms with Gasteiger partial charge in [-0.15, -0.1) is 0 Å². The van der Waals surface area contributed by atoms with Crippen molar-refractivity contribution in [3.05, 3.63) is 89.6 Å². The fourth-order valence-electron chi connectivity index (χ4n) is 3.55. The summed E-state index contributed by atoms with van der Waals surface area (Å²) in [5.41, 5.74) is 3.69. The minimum atomic E-state index is -4.10. The Hall–Kier alpha value is -4.15. The van der Waals surface area contributed by atoms with Crippen LogP contribution in [0.15, 0.2) is 88.9 Å². The average Bonchev–Trinajstić information content (AvgIpc) is 2.92. The highest BCUT2D eigenvalue weighted by Gasteiger charge is 2.29. The van der Waals surface area contributed by atoms with Crippen molar-refractivity contribution in [1.82, 2.24) is 10.4 Å². The number of hydrogen-bond donors (Lipinski definition) is 1. The number of carbonyl (C=O) groups excluding carboxylic acids is 1. The van der Waals surface area contributed by atoms with Gasteiger partial charge in [0.25, 0.3) is 15.9 Å². The van der Waals surface area contributed by atoms with Crippen molar-refractivity contribution in [2.24, 2.45) is 5.10 Å². The molecule has 1 aromatic heterocycles. The van der Waals surface area contributed by atoms with E-state index in [1.165, 1.54) is 25.5 Å². The molecule has 37 heavy (non-hydrogen) atoms. The zero-order chi connectivity index (χ0) is 26.4. The zero-order valence-electron chi connectivity index (χ0n) is 20.0. The standard InChI is InChI=1S/C26H23ClN4O5S/c1-35-20-13-12-18-14-19(26(27)29-22(18)15-20)16-28-30-25(32)17-31(23-10-6-7-11-24(23)36-2)37(33,34)21-8-4-3-5-9-21/h3-16H,17H2,1-2H3,(H,30,32). The number of anilines is 1. The van der Waals surface area contributed by atoms with Crippen LogP contribution < -0.4 is 19.2 Å². The summed E-state index contributed by atoms with van der Waals surface area (Å²) in [5.74, 6) is 0.273. The predicted molar refractivity (Wildman–Crippen MR) is 143 cm³/mol. The van der Waals surface area contributed by atoms with Crippen molar-refractivity contribution in [2.45, 2.75) is 4.90 Å². The van der Waals surface area contributed by atoms with E-state index >= 15 is 0 Å². The quantitative estimate of drug-likeness (QED) is 0.194. The van der Waals surface area contributed by atoms with Gasteiger partial charge >= 0.3 is 0 Å². The maximum absolute atomic E-state index is 13.5. The van der Waals surface area contributed by atoms with Gasteiger partial charge in [-0.2, -0.15) is 5.10 Å². The molecule has 0 fully saturated rings. The molecule has 0 spiro atoms. The topological polar surface area (TPSA) is 110 Å². The van der Waals surface area contributed by atoms with E-state index in [9.17, 15) is 13.2 Å². The van der Waals surface area contributed by atoms with Crippen molar-refractivity contribution in [3.63, 3.8) is 0 Å². The van der Waals surface area contributed by atoms with Gasteiger partial charge in [0.05, 0.1) is 36.5 Å². The summed E-state index contributed by atoms with van der Waals surface area (Å²) < 4.78 is 38.5. The Labute approximate surface area is 219 Å². The van der Waals surface area contributed by atoms with Crippen LogP contribution in [0, 0.1) is 0 Å². The third-order valence-electron chi connectivity index (χ3n) is 5.37. The number of rotatable bonds is 9. The summed E-state index contributed by atoms with van der Waals surface area (Å²) in [7, 11) is -1.11. The Morgan fingerprint density at radius 3 is 2.49 bits per heavy atom. The number of aromatic nitrogens is 1. The lowest BCUT2D eigenvalue weighted by atomic mass is 10.1. The summed E-state index contributed by atoms with van der Waals surface area (Å²) in [6, 6.07) is 21.5. The van der Waals surface area contributed by atoms with E-state index in [-0.39, 0.29) is 15.7 Å². The Morgan fingerprint density at radius 1 is 1.03 bits per heavy atom. The Kier molecular flexibility index (Phi) is 7.90. The minimum absolute atomic E-state index is 0.0304. The highest BCUT2D eigenvalue weighted by Crippen LogP contribution is 2.32. The van der Waals surface area contributed by atoms with E-state index in [1.54, 1.807) is 67.8 Å². The van der Waals surface area contributed by atoms with E-state index in [0.29, 0.717) is 22.6 Å². The van der Waals surface area contributed by atoms with Gasteiger partial charge in [0, 0.05) is 17.0 Å². The molecule has 9 nitrogen and oxygen atoms in total. The fraction of sp³-hybridized carbons (Fsp3) is 0.115. The number of nitrogens with zero attached hydrogens (tertiary/aromatic N) is 3. The number of para-hydroxylation sites is 2. The SMILES string of the molecule is COc1ccc2cc(C=NNC(=O)CN(c3ccccc3OC)S(=O)(=O)c3ccccc3)c(Cl)nc2c1. The fourth-order valence-corrected chi connectivity index (χ4v) is 5.20. The molecule has 0 radical (unpaired) electrons. The number of hydrazone groups is 1. The average molecular weight is 539 g/mol. The lowest BCUT2D eigenvalue weighted by molar-refractivity contribution is -0.119. The zero-order valence-corrected chi connectivity index (χ0v) is 21.5. The normalized spacial score (nSPS) is 11.4. The van der Waals surface area contributed by atoms with Gasteiger partial charge in [-0.3, -0.25) is 9.10 Å². The van der Waals surface area contributed by atoms with Gasteiger partial charge in [0.2, 0.25) is 0 Å². The minimum Gasteiger partial charge on any atom is -0.497 e. The van der Waals surface area contributed by atoms with Crippen LogP contribution in [0.3, 0.4) is 0 Å². The number of amides is 1. The first-order valence-corrected chi connectivity index (χ1v) is 12.8. The van der Waals surface area contributed by atoms with Crippen LogP contribution in [0.5, 0.6) is 11.5 Å². The number of benzene rings is 3. The lowest BCUT2D eigenvalue weighted by Crippen LogP contribution is -2.39.